The molecule has 0 fully saturated rings. The van der Waals surface area contributed by atoms with E-state index in [2.05, 4.69) is 171 Å². The predicted molar refractivity (Wildman–Crippen MR) is 192 cm³/mol. The molecule has 0 N–H and O–H groups in total. The monoisotopic (exact) mass is 577 g/mol. The molecule has 1 aliphatic heterocycles. The topological polar surface area (TPSA) is 4.93 Å². The van der Waals surface area contributed by atoms with Gasteiger partial charge in [0.1, 0.15) is 0 Å². The number of para-hydroxylation sites is 1. The summed E-state index contributed by atoms with van der Waals surface area (Å²) in [4.78, 5) is 0. The van der Waals surface area contributed by atoms with Crippen molar-refractivity contribution in [2.24, 2.45) is 0 Å². The van der Waals surface area contributed by atoms with Crippen molar-refractivity contribution in [3.8, 4) is 27.9 Å². The van der Waals surface area contributed by atoms with Crippen LogP contribution in [0.5, 0.6) is 0 Å². The predicted octanol–water partition coefficient (Wildman–Crippen LogP) is 9.94. The Bertz CT molecular complexity index is 2420. The molecule has 216 valence electrons. The van der Waals surface area contributed by atoms with Crippen molar-refractivity contribution in [1.82, 2.24) is 4.57 Å². The van der Waals surface area contributed by atoms with Crippen molar-refractivity contribution in [1.29, 1.82) is 0 Å². The van der Waals surface area contributed by atoms with Crippen molar-refractivity contribution >= 4 is 33.5 Å². The molecule has 6 aromatic carbocycles. The van der Waals surface area contributed by atoms with Crippen LogP contribution in [0.25, 0.3) is 61.4 Å². The second-order valence-electron chi connectivity index (χ2n) is 12.7. The molecule has 0 unspecified atom stereocenters. The maximum absolute atomic E-state index is 3.93. The third kappa shape index (κ3) is 4.23. The first-order chi connectivity index (χ1) is 22.0. The zero-order valence-electron chi connectivity index (χ0n) is 26.0. The number of benzene rings is 6. The largest absolute Gasteiger partial charge is 0.309 e. The first-order valence-corrected chi connectivity index (χ1v) is 15.7. The fourth-order valence-electron chi connectivity index (χ4n) is 7.39. The summed E-state index contributed by atoms with van der Waals surface area (Å²) in [7, 11) is 0. The third-order valence-electron chi connectivity index (χ3n) is 9.75. The molecule has 0 bridgehead atoms. The lowest BCUT2D eigenvalue weighted by Crippen LogP contribution is -2.26. The van der Waals surface area contributed by atoms with Gasteiger partial charge in [0.2, 0.25) is 0 Å². The lowest BCUT2D eigenvalue weighted by Gasteiger charge is -2.35. The Morgan fingerprint density at radius 1 is 0.622 bits per heavy atom. The van der Waals surface area contributed by atoms with E-state index in [0.717, 1.165) is 0 Å². The average molecular weight is 578 g/mol. The summed E-state index contributed by atoms with van der Waals surface area (Å²) in [5.74, 6) is 0. The number of allylic oxidation sites excluding steroid dienone is 1. The normalized spacial score (nSPS) is 14.4. The number of aromatic nitrogens is 1. The van der Waals surface area contributed by atoms with Crippen LogP contribution in [-0.2, 0) is 5.41 Å². The van der Waals surface area contributed by atoms with Gasteiger partial charge in [-0.15, -0.1) is 0 Å². The fraction of sp³-hybridized carbons (Fsp3) is 0.0909. The second-order valence-corrected chi connectivity index (χ2v) is 12.7. The van der Waals surface area contributed by atoms with Gasteiger partial charge in [0.15, 0.2) is 0 Å². The molecule has 45 heavy (non-hydrogen) atoms. The van der Waals surface area contributed by atoms with Crippen molar-refractivity contribution in [2.75, 3.05) is 0 Å². The zero-order chi connectivity index (χ0) is 30.7. The van der Waals surface area contributed by atoms with Gasteiger partial charge in [-0.2, -0.15) is 0 Å². The van der Waals surface area contributed by atoms with E-state index in [-0.39, 0.29) is 5.41 Å². The molecule has 0 radical (unpaired) electrons. The Morgan fingerprint density at radius 2 is 1.33 bits per heavy atom. The molecule has 0 saturated carbocycles. The molecule has 1 nitrogen and oxygen atoms in total. The molecular formula is C44H35N. The highest BCUT2D eigenvalue weighted by Crippen LogP contribution is 2.49. The third-order valence-corrected chi connectivity index (χ3v) is 9.75. The number of hydrogen-bond donors (Lipinski definition) is 0. The Kier molecular flexibility index (Phi) is 6.25. The van der Waals surface area contributed by atoms with Crippen molar-refractivity contribution in [3.05, 3.63) is 173 Å². The maximum Gasteiger partial charge on any atom is 0.0582 e. The van der Waals surface area contributed by atoms with Gasteiger partial charge in [0.05, 0.1) is 16.7 Å². The molecule has 0 spiro atoms. The Hall–Kier alpha value is -5.40. The summed E-state index contributed by atoms with van der Waals surface area (Å²) in [5, 5.41) is 5.00. The van der Waals surface area contributed by atoms with Crippen LogP contribution in [-0.4, -0.2) is 4.57 Å². The van der Waals surface area contributed by atoms with Crippen molar-refractivity contribution in [2.45, 2.75) is 26.2 Å². The number of fused-ring (bicyclic) bond motifs is 5. The summed E-state index contributed by atoms with van der Waals surface area (Å²) < 4.78 is 2.50. The van der Waals surface area contributed by atoms with Gasteiger partial charge in [-0.3, -0.25) is 0 Å². The fourth-order valence-corrected chi connectivity index (χ4v) is 7.39. The smallest absolute Gasteiger partial charge is 0.0582 e. The van der Waals surface area contributed by atoms with Crippen LogP contribution in [0, 0.1) is 0 Å². The van der Waals surface area contributed by atoms with Gasteiger partial charge in [0, 0.05) is 16.2 Å². The van der Waals surface area contributed by atoms with E-state index in [1.807, 2.05) is 6.08 Å². The molecule has 7 aromatic rings. The minimum Gasteiger partial charge on any atom is -0.309 e. The highest BCUT2D eigenvalue weighted by molar-refractivity contribution is 6.14. The Balaban J connectivity index is 1.42. The summed E-state index contributed by atoms with van der Waals surface area (Å²) >= 11 is 0. The standard InChI is InChI=1S/C44H35N/c1-5-14-31-17-9-10-20-36(31)29(2)32-18-13-19-33(25-32)35-27-38-37-26-34(30-15-7-6-8-16-30)23-24-41(37)45-42-22-12-11-21-39(42)44(3,4)40(28-35)43(38)45/h5-28H,1H2,2-4H3/b31-14-,36-29+. The van der Waals surface area contributed by atoms with E-state index in [1.165, 1.54) is 82.4 Å². The molecule has 8 rings (SSSR count). The summed E-state index contributed by atoms with van der Waals surface area (Å²) in [6, 6.07) is 49.1. The molecule has 1 heteroatoms. The average Bonchev–Trinajstić information content (AvgIpc) is 3.41. The van der Waals surface area contributed by atoms with Gasteiger partial charge in [-0.1, -0.05) is 130 Å². The molecule has 0 saturated heterocycles. The lowest BCUT2D eigenvalue weighted by atomic mass is 9.74. The van der Waals surface area contributed by atoms with Crippen LogP contribution >= 0.6 is 0 Å². The SMILES string of the molecule is C=C/C=c1/cccc/c1=C(/C)c1cccc(-c2cc3c4c(c2)c2cc(-c5ccccc5)ccc2n4-c2ccccc2C3(C)C)c1. The van der Waals surface area contributed by atoms with Crippen LogP contribution in [0.2, 0.25) is 0 Å². The highest BCUT2D eigenvalue weighted by Gasteiger charge is 2.35. The molecule has 0 aliphatic carbocycles. The summed E-state index contributed by atoms with van der Waals surface area (Å²) in [6.07, 6.45) is 3.95. The Labute approximate surface area is 264 Å². The maximum atomic E-state index is 3.93. The minimum absolute atomic E-state index is 0.156. The van der Waals surface area contributed by atoms with E-state index < -0.39 is 0 Å². The quantitative estimate of drug-likeness (QED) is 0.196. The highest BCUT2D eigenvalue weighted by atomic mass is 15.0. The molecule has 1 aliphatic rings. The van der Waals surface area contributed by atoms with E-state index in [9.17, 15) is 0 Å². The minimum atomic E-state index is -0.156. The lowest BCUT2D eigenvalue weighted by molar-refractivity contribution is 0.630. The number of nitrogens with zero attached hydrogens (tertiary/aromatic N) is 1. The summed E-state index contributed by atoms with van der Waals surface area (Å²) in [5.41, 5.74) is 13.8. The first kappa shape index (κ1) is 27.2. The second kappa shape index (κ2) is 10.4. The van der Waals surface area contributed by atoms with E-state index in [4.69, 9.17) is 0 Å². The number of rotatable bonds is 4. The van der Waals surface area contributed by atoms with E-state index in [0.29, 0.717) is 0 Å². The van der Waals surface area contributed by atoms with Crippen molar-refractivity contribution in [3.63, 3.8) is 0 Å². The molecule has 1 aromatic heterocycles. The Morgan fingerprint density at radius 3 is 2.18 bits per heavy atom. The van der Waals surface area contributed by atoms with Crippen LogP contribution < -0.4 is 10.4 Å². The van der Waals surface area contributed by atoms with Crippen LogP contribution in [0.4, 0.5) is 0 Å². The molecule has 0 amide bonds. The summed E-state index contributed by atoms with van der Waals surface area (Å²) in [6.45, 7) is 10.9. The van der Waals surface area contributed by atoms with Crippen LogP contribution in [0.15, 0.2) is 146 Å². The van der Waals surface area contributed by atoms with Gasteiger partial charge in [-0.05, 0) is 98.3 Å². The van der Waals surface area contributed by atoms with Gasteiger partial charge >= 0.3 is 0 Å². The van der Waals surface area contributed by atoms with E-state index in [1.54, 1.807) is 0 Å². The van der Waals surface area contributed by atoms with Gasteiger partial charge < -0.3 is 4.57 Å². The van der Waals surface area contributed by atoms with Gasteiger partial charge in [0.25, 0.3) is 0 Å². The van der Waals surface area contributed by atoms with E-state index >= 15 is 0 Å². The molecule has 2 heterocycles. The number of hydrogen-bond acceptors (Lipinski definition) is 0. The van der Waals surface area contributed by atoms with Gasteiger partial charge in [-0.25, -0.2) is 0 Å². The molecule has 0 atom stereocenters. The van der Waals surface area contributed by atoms with Crippen LogP contribution in [0.1, 0.15) is 37.5 Å². The molecular weight excluding hydrogens is 542 g/mol. The van der Waals surface area contributed by atoms with Crippen LogP contribution in [0.3, 0.4) is 0 Å². The van der Waals surface area contributed by atoms with Crippen molar-refractivity contribution < 1.29 is 0 Å². The zero-order valence-corrected chi connectivity index (χ0v) is 26.0. The first-order valence-electron chi connectivity index (χ1n) is 15.7.